The van der Waals surface area contributed by atoms with Gasteiger partial charge in [-0.1, -0.05) is 0 Å². The third-order valence-electron chi connectivity index (χ3n) is 1.15. The fourth-order valence-electron chi connectivity index (χ4n) is 0.505. The molecule has 68 valence electrons. The number of rotatable bonds is 5. The van der Waals surface area contributed by atoms with Gasteiger partial charge >= 0.3 is 0 Å². The van der Waals surface area contributed by atoms with Crippen molar-refractivity contribution in [2.45, 2.75) is 13.0 Å². The standard InChI is InChI=1S/C6H11N3O3/c1-4(9-3-10)6(12)8-2-5(7)11/h3-4H,2H2,1H3,(H2,7,11)(H,8,12)(H,9,10)/t4-/m0/s1. The van der Waals surface area contributed by atoms with Crippen molar-refractivity contribution < 1.29 is 14.4 Å². The molecule has 0 aliphatic heterocycles. The van der Waals surface area contributed by atoms with Crippen LogP contribution in [0.5, 0.6) is 0 Å². The molecule has 0 fully saturated rings. The van der Waals surface area contributed by atoms with Crippen LogP contribution < -0.4 is 16.4 Å². The fraction of sp³-hybridized carbons (Fsp3) is 0.500. The minimum Gasteiger partial charge on any atom is -0.368 e. The summed E-state index contributed by atoms with van der Waals surface area (Å²) in [6.07, 6.45) is 0.411. The molecule has 4 N–H and O–H groups in total. The normalized spacial score (nSPS) is 11.4. The zero-order valence-electron chi connectivity index (χ0n) is 6.66. The summed E-state index contributed by atoms with van der Waals surface area (Å²) in [5, 5.41) is 4.46. The van der Waals surface area contributed by atoms with Gasteiger partial charge in [-0.25, -0.2) is 0 Å². The van der Waals surface area contributed by atoms with Crippen molar-refractivity contribution in [1.29, 1.82) is 0 Å². The first-order chi connectivity index (χ1) is 5.57. The Balaban J connectivity index is 3.71. The first-order valence-corrected chi connectivity index (χ1v) is 3.33. The van der Waals surface area contributed by atoms with Crippen LogP contribution >= 0.6 is 0 Å². The molecule has 0 radical (unpaired) electrons. The van der Waals surface area contributed by atoms with Crippen molar-refractivity contribution in [3.05, 3.63) is 0 Å². The molecule has 0 bridgehead atoms. The first kappa shape index (κ1) is 10.4. The molecule has 0 aromatic carbocycles. The molecule has 0 aromatic heterocycles. The lowest BCUT2D eigenvalue weighted by Gasteiger charge is -2.08. The van der Waals surface area contributed by atoms with E-state index in [0.29, 0.717) is 6.41 Å². The van der Waals surface area contributed by atoms with E-state index < -0.39 is 17.9 Å². The van der Waals surface area contributed by atoms with Crippen LogP contribution in [-0.4, -0.2) is 30.8 Å². The lowest BCUT2D eigenvalue weighted by molar-refractivity contribution is -0.127. The average Bonchev–Trinajstić information content (AvgIpc) is 2.00. The van der Waals surface area contributed by atoms with Crippen molar-refractivity contribution in [3.63, 3.8) is 0 Å². The van der Waals surface area contributed by atoms with Crippen molar-refractivity contribution >= 4 is 18.2 Å². The van der Waals surface area contributed by atoms with Gasteiger partial charge in [0.15, 0.2) is 0 Å². The molecular weight excluding hydrogens is 162 g/mol. The summed E-state index contributed by atoms with van der Waals surface area (Å²) in [5.74, 6) is -1.07. The van der Waals surface area contributed by atoms with Gasteiger partial charge in [0.05, 0.1) is 6.54 Å². The molecule has 0 rings (SSSR count). The SMILES string of the molecule is C[C@H](NC=O)C(=O)NCC(N)=O. The van der Waals surface area contributed by atoms with Crippen molar-refractivity contribution in [3.8, 4) is 0 Å². The lowest BCUT2D eigenvalue weighted by Crippen LogP contribution is -2.44. The van der Waals surface area contributed by atoms with Gasteiger partial charge in [0.25, 0.3) is 0 Å². The summed E-state index contributed by atoms with van der Waals surface area (Å²) in [5.41, 5.74) is 4.77. The summed E-state index contributed by atoms with van der Waals surface area (Å²) in [4.78, 5) is 31.0. The number of carbonyl (C=O) groups is 3. The highest BCUT2D eigenvalue weighted by Crippen LogP contribution is 1.77. The third kappa shape index (κ3) is 4.26. The summed E-state index contributed by atoms with van der Waals surface area (Å²) >= 11 is 0. The summed E-state index contributed by atoms with van der Waals surface area (Å²) < 4.78 is 0. The second-order valence-electron chi connectivity index (χ2n) is 2.19. The molecule has 0 aliphatic carbocycles. The molecule has 0 unspecified atom stereocenters. The second-order valence-corrected chi connectivity index (χ2v) is 2.19. The lowest BCUT2D eigenvalue weighted by atomic mass is 10.3. The molecule has 0 aromatic rings. The van der Waals surface area contributed by atoms with Crippen LogP contribution in [-0.2, 0) is 14.4 Å². The number of hydrogen-bond donors (Lipinski definition) is 3. The molecule has 3 amide bonds. The van der Waals surface area contributed by atoms with E-state index in [-0.39, 0.29) is 6.54 Å². The van der Waals surface area contributed by atoms with Gasteiger partial charge in [0.1, 0.15) is 6.04 Å². The number of hydrogen-bond acceptors (Lipinski definition) is 3. The predicted molar refractivity (Wildman–Crippen MR) is 40.9 cm³/mol. The summed E-state index contributed by atoms with van der Waals surface area (Å²) in [7, 11) is 0. The van der Waals surface area contributed by atoms with Crippen molar-refractivity contribution in [2.75, 3.05) is 6.54 Å². The molecule has 0 saturated heterocycles. The minimum atomic E-state index is -0.651. The van der Waals surface area contributed by atoms with E-state index in [1.807, 2.05) is 0 Å². The maximum absolute atomic E-state index is 10.9. The Morgan fingerprint density at radius 1 is 1.58 bits per heavy atom. The molecular formula is C6H11N3O3. The molecule has 12 heavy (non-hydrogen) atoms. The van der Waals surface area contributed by atoms with Crippen LogP contribution in [0.25, 0.3) is 0 Å². The van der Waals surface area contributed by atoms with E-state index in [2.05, 4.69) is 10.6 Å². The topological polar surface area (TPSA) is 101 Å². The predicted octanol–water partition coefficient (Wildman–Crippen LogP) is -2.28. The van der Waals surface area contributed by atoms with Crippen LogP contribution in [0.15, 0.2) is 0 Å². The number of primary amides is 1. The van der Waals surface area contributed by atoms with E-state index in [4.69, 9.17) is 5.73 Å². The van der Waals surface area contributed by atoms with E-state index in [0.717, 1.165) is 0 Å². The van der Waals surface area contributed by atoms with E-state index in [1.165, 1.54) is 6.92 Å². The zero-order chi connectivity index (χ0) is 9.56. The maximum atomic E-state index is 10.9. The highest BCUT2D eigenvalue weighted by molar-refractivity contribution is 5.87. The smallest absolute Gasteiger partial charge is 0.242 e. The summed E-state index contributed by atoms with van der Waals surface area (Å²) in [6.45, 7) is 1.27. The Kier molecular flexibility index (Phi) is 4.43. The maximum Gasteiger partial charge on any atom is 0.242 e. The van der Waals surface area contributed by atoms with Crippen LogP contribution in [0.3, 0.4) is 0 Å². The number of carbonyl (C=O) groups excluding carboxylic acids is 3. The summed E-state index contributed by atoms with van der Waals surface area (Å²) in [6, 6.07) is -0.651. The molecule has 1 atom stereocenters. The molecule has 0 aliphatic rings. The van der Waals surface area contributed by atoms with Crippen molar-refractivity contribution in [1.82, 2.24) is 10.6 Å². The van der Waals surface area contributed by atoms with Gasteiger partial charge in [-0.3, -0.25) is 14.4 Å². The van der Waals surface area contributed by atoms with Gasteiger partial charge in [0.2, 0.25) is 18.2 Å². The largest absolute Gasteiger partial charge is 0.368 e. The fourth-order valence-corrected chi connectivity index (χ4v) is 0.505. The van der Waals surface area contributed by atoms with Crippen molar-refractivity contribution in [2.24, 2.45) is 5.73 Å². The van der Waals surface area contributed by atoms with E-state index in [9.17, 15) is 14.4 Å². The molecule has 6 nitrogen and oxygen atoms in total. The number of nitrogens with one attached hydrogen (secondary N) is 2. The van der Waals surface area contributed by atoms with Gasteiger partial charge in [-0.15, -0.1) is 0 Å². The number of amides is 3. The zero-order valence-corrected chi connectivity index (χ0v) is 6.66. The van der Waals surface area contributed by atoms with Gasteiger partial charge in [-0.05, 0) is 6.92 Å². The Hall–Kier alpha value is -1.59. The highest BCUT2D eigenvalue weighted by atomic mass is 16.2. The van der Waals surface area contributed by atoms with Gasteiger partial charge in [-0.2, -0.15) is 0 Å². The van der Waals surface area contributed by atoms with Crippen LogP contribution in [0.1, 0.15) is 6.92 Å². The molecule has 0 saturated carbocycles. The highest BCUT2D eigenvalue weighted by Gasteiger charge is 2.10. The molecule has 6 heteroatoms. The van der Waals surface area contributed by atoms with Crippen LogP contribution in [0.4, 0.5) is 0 Å². The van der Waals surface area contributed by atoms with E-state index >= 15 is 0 Å². The Morgan fingerprint density at radius 3 is 2.58 bits per heavy atom. The third-order valence-corrected chi connectivity index (χ3v) is 1.15. The number of nitrogens with two attached hydrogens (primary N) is 1. The van der Waals surface area contributed by atoms with Gasteiger partial charge < -0.3 is 16.4 Å². The molecule has 0 spiro atoms. The van der Waals surface area contributed by atoms with Gasteiger partial charge in [0, 0.05) is 0 Å². The van der Waals surface area contributed by atoms with E-state index in [1.54, 1.807) is 0 Å². The Morgan fingerprint density at radius 2 is 2.17 bits per heavy atom. The molecule has 0 heterocycles. The first-order valence-electron chi connectivity index (χ1n) is 3.33. The van der Waals surface area contributed by atoms with Crippen LogP contribution in [0, 0.1) is 0 Å². The Labute approximate surface area is 69.5 Å². The Bertz CT molecular complexity index is 192. The monoisotopic (exact) mass is 173 g/mol. The minimum absolute atomic E-state index is 0.219. The quantitative estimate of drug-likeness (QED) is 0.408. The van der Waals surface area contributed by atoms with Crippen LogP contribution in [0.2, 0.25) is 0 Å². The average molecular weight is 173 g/mol. The second kappa shape index (κ2) is 5.11.